The van der Waals surface area contributed by atoms with Crippen LogP contribution < -0.4 is 4.46 Å². The van der Waals surface area contributed by atoms with Crippen LogP contribution in [0.5, 0.6) is 0 Å². The van der Waals surface area contributed by atoms with E-state index in [-0.39, 0.29) is 0 Å². The van der Waals surface area contributed by atoms with Crippen LogP contribution in [0.3, 0.4) is 0 Å². The molecule has 18 heavy (non-hydrogen) atoms. The molecule has 2 rings (SSSR count). The molecule has 2 aromatic rings. The zero-order chi connectivity index (χ0) is 12.6. The van der Waals surface area contributed by atoms with Crippen molar-refractivity contribution in [3.63, 3.8) is 0 Å². The molecule has 2 aromatic carbocycles. The molecule has 0 bridgehead atoms. The van der Waals surface area contributed by atoms with E-state index in [0.29, 0.717) is 15.0 Å². The zero-order valence-electron chi connectivity index (χ0n) is 10.3. The van der Waals surface area contributed by atoms with Gasteiger partial charge >= 0.3 is 115 Å². The van der Waals surface area contributed by atoms with Gasteiger partial charge in [0.2, 0.25) is 0 Å². The second kappa shape index (κ2) is 7.00. The topological polar surface area (TPSA) is 0 Å². The summed E-state index contributed by atoms with van der Waals surface area (Å²) in [5, 5.41) is 1.09. The van der Waals surface area contributed by atoms with E-state index >= 15 is 0 Å². The monoisotopic (exact) mass is 300 g/mol. The number of benzene rings is 2. The average Bonchev–Trinajstić information content (AvgIpc) is 2.45. The Balaban J connectivity index is 2.02. The van der Waals surface area contributed by atoms with Crippen LogP contribution >= 0.6 is 0 Å². The second-order valence-corrected chi connectivity index (χ2v) is 6.14. The fourth-order valence-electron chi connectivity index (χ4n) is 1.61. The van der Waals surface area contributed by atoms with Crippen LogP contribution in [0.4, 0.5) is 0 Å². The Kier molecular flexibility index (Phi) is 5.01. The molecular formula is C17H16Se. The molecular weight excluding hydrogens is 283 g/mol. The van der Waals surface area contributed by atoms with E-state index in [1.54, 1.807) is 0 Å². The van der Waals surface area contributed by atoms with Crippen LogP contribution in [0.15, 0.2) is 78.9 Å². The predicted molar refractivity (Wildman–Crippen MR) is 81.3 cm³/mol. The van der Waals surface area contributed by atoms with Crippen LogP contribution in [0.25, 0.3) is 6.08 Å². The van der Waals surface area contributed by atoms with Crippen molar-refractivity contribution in [1.82, 2.24) is 0 Å². The molecule has 0 aliphatic carbocycles. The van der Waals surface area contributed by atoms with Crippen molar-refractivity contribution >= 4 is 25.5 Å². The normalized spacial score (nSPS) is 11.2. The third kappa shape index (κ3) is 4.03. The molecule has 0 aromatic heterocycles. The molecule has 0 unspecified atom stereocenters. The van der Waals surface area contributed by atoms with Crippen molar-refractivity contribution < 1.29 is 0 Å². The summed E-state index contributed by atoms with van der Waals surface area (Å²) in [6, 6.07) is 21.1. The molecule has 0 spiro atoms. The number of hydrogen-bond acceptors (Lipinski definition) is 0. The molecule has 90 valence electrons. The summed E-state index contributed by atoms with van der Waals surface area (Å²) in [6.45, 7) is 3.91. The third-order valence-corrected chi connectivity index (χ3v) is 4.84. The quantitative estimate of drug-likeness (QED) is 0.583. The Morgan fingerprint density at radius 3 is 2.17 bits per heavy atom. The molecule has 1 heteroatoms. The first-order chi connectivity index (χ1) is 8.88. The van der Waals surface area contributed by atoms with Gasteiger partial charge in [0, 0.05) is 0 Å². The van der Waals surface area contributed by atoms with Crippen molar-refractivity contribution in [2.45, 2.75) is 5.32 Å². The van der Waals surface area contributed by atoms with E-state index in [1.165, 1.54) is 15.6 Å². The molecule has 0 saturated carbocycles. The molecule has 0 saturated heterocycles. The number of rotatable bonds is 5. The summed E-state index contributed by atoms with van der Waals surface area (Å²) in [6.07, 6.45) is 4.19. The van der Waals surface area contributed by atoms with Gasteiger partial charge in [-0.15, -0.1) is 0 Å². The molecule has 0 radical (unpaired) electrons. The molecule has 0 fully saturated rings. The standard InChI is InChI=1S/C17H16Se/c1-2-15(13-16-9-5-3-6-10-16)14-18-17-11-7-4-8-12-17/h2-13H,1,14H2/b15-13+. The van der Waals surface area contributed by atoms with Crippen LogP contribution in [0.1, 0.15) is 5.56 Å². The van der Waals surface area contributed by atoms with Gasteiger partial charge in [-0.05, 0) is 0 Å². The molecule has 0 aliphatic rings. The van der Waals surface area contributed by atoms with Gasteiger partial charge in [-0.1, -0.05) is 0 Å². The Labute approximate surface area is 115 Å². The zero-order valence-corrected chi connectivity index (χ0v) is 12.0. The van der Waals surface area contributed by atoms with Crippen LogP contribution in [-0.2, 0) is 0 Å². The first-order valence-corrected chi connectivity index (χ1v) is 8.01. The van der Waals surface area contributed by atoms with Gasteiger partial charge in [-0.3, -0.25) is 0 Å². The van der Waals surface area contributed by atoms with Gasteiger partial charge in [-0.25, -0.2) is 0 Å². The van der Waals surface area contributed by atoms with Gasteiger partial charge < -0.3 is 0 Å². The molecule has 0 nitrogen and oxygen atoms in total. The predicted octanol–water partition coefficient (Wildman–Crippen LogP) is 3.70. The SMILES string of the molecule is C=C/C(=C\c1ccccc1)C[Se]c1ccccc1. The van der Waals surface area contributed by atoms with Crippen molar-refractivity contribution in [2.75, 3.05) is 0 Å². The van der Waals surface area contributed by atoms with E-state index in [2.05, 4.69) is 67.3 Å². The maximum absolute atomic E-state index is 3.91. The number of allylic oxidation sites excluding steroid dienone is 2. The fraction of sp³-hybridized carbons (Fsp3) is 0.0588. The molecule has 0 aliphatic heterocycles. The summed E-state index contributed by atoms with van der Waals surface area (Å²) in [5.41, 5.74) is 2.56. The maximum atomic E-state index is 3.91. The van der Waals surface area contributed by atoms with Gasteiger partial charge in [0.15, 0.2) is 0 Å². The Bertz CT molecular complexity index is 512. The molecule has 0 N–H and O–H groups in total. The Morgan fingerprint density at radius 1 is 0.944 bits per heavy atom. The van der Waals surface area contributed by atoms with Gasteiger partial charge in [0.25, 0.3) is 0 Å². The molecule has 0 amide bonds. The van der Waals surface area contributed by atoms with Gasteiger partial charge in [0.1, 0.15) is 0 Å². The van der Waals surface area contributed by atoms with E-state index in [4.69, 9.17) is 0 Å². The van der Waals surface area contributed by atoms with E-state index in [1.807, 2.05) is 12.1 Å². The van der Waals surface area contributed by atoms with Crippen molar-refractivity contribution in [1.29, 1.82) is 0 Å². The van der Waals surface area contributed by atoms with Gasteiger partial charge in [-0.2, -0.15) is 0 Å². The summed E-state index contributed by atoms with van der Waals surface area (Å²) in [4.78, 5) is 0. The Morgan fingerprint density at radius 2 is 1.56 bits per heavy atom. The average molecular weight is 299 g/mol. The first-order valence-electron chi connectivity index (χ1n) is 5.94. The summed E-state index contributed by atoms with van der Waals surface area (Å²) >= 11 is 0.482. The summed E-state index contributed by atoms with van der Waals surface area (Å²) in [7, 11) is 0. The minimum absolute atomic E-state index is 0.482. The van der Waals surface area contributed by atoms with Crippen LogP contribution in [-0.4, -0.2) is 15.0 Å². The molecule has 0 atom stereocenters. The number of hydrogen-bond donors (Lipinski definition) is 0. The van der Waals surface area contributed by atoms with Crippen molar-refractivity contribution in [3.8, 4) is 0 Å². The summed E-state index contributed by atoms with van der Waals surface area (Å²) in [5.74, 6) is 0. The summed E-state index contributed by atoms with van der Waals surface area (Å²) < 4.78 is 1.44. The van der Waals surface area contributed by atoms with Crippen molar-refractivity contribution in [3.05, 3.63) is 84.5 Å². The fourth-order valence-corrected chi connectivity index (χ4v) is 3.46. The minimum atomic E-state index is 0.482. The van der Waals surface area contributed by atoms with Crippen LogP contribution in [0, 0.1) is 0 Å². The molecule has 0 heterocycles. The van der Waals surface area contributed by atoms with E-state index in [9.17, 15) is 0 Å². The third-order valence-electron chi connectivity index (χ3n) is 2.56. The Hall–Kier alpha value is -1.56. The first kappa shape index (κ1) is 12.9. The van der Waals surface area contributed by atoms with Crippen molar-refractivity contribution in [2.24, 2.45) is 0 Å². The second-order valence-electron chi connectivity index (χ2n) is 3.94. The van der Waals surface area contributed by atoms with Crippen LogP contribution in [0.2, 0.25) is 5.32 Å². The van der Waals surface area contributed by atoms with E-state index < -0.39 is 0 Å². The van der Waals surface area contributed by atoms with Gasteiger partial charge in [0.05, 0.1) is 0 Å². The van der Waals surface area contributed by atoms with E-state index in [0.717, 1.165) is 5.32 Å².